The van der Waals surface area contributed by atoms with Crippen molar-refractivity contribution in [1.82, 2.24) is 9.55 Å². The molecule has 1 unspecified atom stereocenters. The number of esters is 1. The number of rotatable bonds is 5. The van der Waals surface area contributed by atoms with Crippen molar-refractivity contribution < 1.29 is 27.5 Å². The lowest BCUT2D eigenvalue weighted by atomic mass is 10.0. The summed E-state index contributed by atoms with van der Waals surface area (Å²) in [7, 11) is 0. The number of imidazole rings is 1. The van der Waals surface area contributed by atoms with Gasteiger partial charge in [0.2, 0.25) is 11.6 Å². The third kappa shape index (κ3) is 4.31. The molecule has 5 nitrogen and oxygen atoms in total. The fourth-order valence-corrected chi connectivity index (χ4v) is 3.00. The summed E-state index contributed by atoms with van der Waals surface area (Å²) in [6, 6.07) is 11.1. The first kappa shape index (κ1) is 20.6. The van der Waals surface area contributed by atoms with Crippen LogP contribution in [-0.2, 0) is 22.3 Å². The van der Waals surface area contributed by atoms with Gasteiger partial charge in [0, 0.05) is 5.56 Å². The molecule has 0 N–H and O–H groups in total. The second-order valence-electron chi connectivity index (χ2n) is 6.80. The van der Waals surface area contributed by atoms with E-state index >= 15 is 0 Å². The Labute approximate surface area is 165 Å². The van der Waals surface area contributed by atoms with Gasteiger partial charge < -0.3 is 9.30 Å². The van der Waals surface area contributed by atoms with Gasteiger partial charge in [-0.05, 0) is 50.1 Å². The Hall–Kier alpha value is -3.16. The molecule has 29 heavy (non-hydrogen) atoms. The first-order chi connectivity index (χ1) is 13.6. The molecule has 1 atom stereocenters. The highest BCUT2D eigenvalue weighted by molar-refractivity contribution is 6.00. The van der Waals surface area contributed by atoms with E-state index in [9.17, 15) is 22.8 Å². The minimum atomic E-state index is -4.74. The number of carbonyl (C=O) groups is 2. The normalized spacial score (nSPS) is 12.8. The average molecular weight is 404 g/mol. The summed E-state index contributed by atoms with van der Waals surface area (Å²) in [6.45, 7) is 4.44. The van der Waals surface area contributed by atoms with Gasteiger partial charge >= 0.3 is 12.1 Å². The zero-order chi connectivity index (χ0) is 21.3. The molecule has 0 spiro atoms. The summed E-state index contributed by atoms with van der Waals surface area (Å²) in [4.78, 5) is 28.4. The number of ether oxygens (including phenoxy) is 1. The Kier molecular flexibility index (Phi) is 5.46. The maximum Gasteiger partial charge on any atom is 0.449 e. The third-order valence-corrected chi connectivity index (χ3v) is 4.66. The lowest BCUT2D eigenvalue weighted by Crippen LogP contribution is -2.28. The lowest BCUT2D eigenvalue weighted by molar-refractivity contribution is -0.152. The molecule has 0 bridgehead atoms. The Bertz CT molecular complexity index is 1090. The molecule has 0 amide bonds. The van der Waals surface area contributed by atoms with Crippen LogP contribution in [0.2, 0.25) is 0 Å². The van der Waals surface area contributed by atoms with Crippen LogP contribution in [0, 0.1) is 13.8 Å². The molecular weight excluding hydrogens is 385 g/mol. The van der Waals surface area contributed by atoms with Crippen LogP contribution >= 0.6 is 0 Å². The minimum Gasteiger partial charge on any atom is -0.453 e. The molecular formula is C21H19F3N2O3. The Morgan fingerprint density at radius 2 is 1.79 bits per heavy atom. The predicted octanol–water partition coefficient (Wildman–Crippen LogP) is 4.49. The van der Waals surface area contributed by atoms with Crippen LogP contribution in [0.5, 0.6) is 0 Å². The summed E-state index contributed by atoms with van der Waals surface area (Å²) in [6.07, 6.45) is -5.87. The number of fused-ring (bicyclic) bond motifs is 1. The zero-order valence-corrected chi connectivity index (χ0v) is 16.1. The fraction of sp³-hybridized carbons (Fsp3) is 0.286. The number of carbonyl (C=O) groups excluding carboxylic acids is 2. The standard InChI is InChI=1S/C21H19F3N2O3/c1-12-8-9-15(10-13(12)2)19(28)14(3)29-18(27)11-26-17-7-5-4-6-16(17)25-20(26)21(22,23)24/h4-10,14H,11H2,1-3H3. The Morgan fingerprint density at radius 3 is 2.45 bits per heavy atom. The van der Waals surface area contributed by atoms with Gasteiger partial charge in [-0.25, -0.2) is 4.98 Å². The van der Waals surface area contributed by atoms with E-state index in [0.717, 1.165) is 15.7 Å². The van der Waals surface area contributed by atoms with Crippen molar-refractivity contribution in [3.63, 3.8) is 0 Å². The number of aromatic nitrogens is 2. The van der Waals surface area contributed by atoms with Gasteiger partial charge in [0.15, 0.2) is 6.10 Å². The largest absolute Gasteiger partial charge is 0.453 e. The lowest BCUT2D eigenvalue weighted by Gasteiger charge is -2.15. The van der Waals surface area contributed by atoms with E-state index in [2.05, 4.69) is 4.98 Å². The molecule has 1 heterocycles. The van der Waals surface area contributed by atoms with Crippen molar-refractivity contribution in [2.75, 3.05) is 0 Å². The van der Waals surface area contributed by atoms with Crippen molar-refractivity contribution in [2.45, 2.75) is 39.6 Å². The highest BCUT2D eigenvalue weighted by Gasteiger charge is 2.38. The van der Waals surface area contributed by atoms with Crippen LogP contribution in [0.3, 0.4) is 0 Å². The van der Waals surface area contributed by atoms with Gasteiger partial charge in [-0.15, -0.1) is 0 Å². The monoisotopic (exact) mass is 404 g/mol. The van der Waals surface area contributed by atoms with Gasteiger partial charge in [0.25, 0.3) is 0 Å². The molecule has 3 aromatic rings. The second-order valence-corrected chi connectivity index (χ2v) is 6.80. The van der Waals surface area contributed by atoms with Crippen LogP contribution in [0.15, 0.2) is 42.5 Å². The van der Waals surface area contributed by atoms with E-state index in [4.69, 9.17) is 4.74 Å². The Balaban J connectivity index is 1.80. The van der Waals surface area contributed by atoms with Crippen molar-refractivity contribution in [3.8, 4) is 0 Å². The molecule has 2 aromatic carbocycles. The van der Waals surface area contributed by atoms with Crippen LogP contribution in [0.1, 0.15) is 34.2 Å². The topological polar surface area (TPSA) is 61.2 Å². The molecule has 0 aliphatic carbocycles. The molecule has 152 valence electrons. The van der Waals surface area contributed by atoms with Crippen LogP contribution in [-0.4, -0.2) is 27.4 Å². The van der Waals surface area contributed by atoms with Gasteiger partial charge in [-0.3, -0.25) is 9.59 Å². The molecule has 8 heteroatoms. The van der Waals surface area contributed by atoms with Crippen molar-refractivity contribution in [1.29, 1.82) is 0 Å². The number of hydrogen-bond acceptors (Lipinski definition) is 4. The van der Waals surface area contributed by atoms with Gasteiger partial charge in [-0.2, -0.15) is 13.2 Å². The third-order valence-electron chi connectivity index (χ3n) is 4.66. The van der Waals surface area contributed by atoms with Gasteiger partial charge in [0.1, 0.15) is 6.54 Å². The van der Waals surface area contributed by atoms with Crippen molar-refractivity contribution in [3.05, 3.63) is 65.0 Å². The van der Waals surface area contributed by atoms with E-state index < -0.39 is 36.4 Å². The summed E-state index contributed by atoms with van der Waals surface area (Å²) >= 11 is 0. The van der Waals surface area contributed by atoms with Gasteiger partial charge in [-0.1, -0.05) is 24.3 Å². The van der Waals surface area contributed by atoms with Crippen LogP contribution in [0.4, 0.5) is 13.2 Å². The average Bonchev–Trinajstić information content (AvgIpc) is 3.02. The number of Topliss-reactive ketones (excluding diaryl/α,β-unsaturated/α-hetero) is 1. The van der Waals surface area contributed by atoms with Crippen molar-refractivity contribution >= 4 is 22.8 Å². The maximum atomic E-state index is 13.3. The molecule has 0 saturated heterocycles. The summed E-state index contributed by atoms with van der Waals surface area (Å²) in [5.74, 6) is -2.57. The smallest absolute Gasteiger partial charge is 0.449 e. The van der Waals surface area contributed by atoms with E-state index in [1.54, 1.807) is 30.3 Å². The second kappa shape index (κ2) is 7.69. The van der Waals surface area contributed by atoms with Crippen LogP contribution < -0.4 is 0 Å². The number of ketones is 1. The number of hydrogen-bond donors (Lipinski definition) is 0. The summed E-state index contributed by atoms with van der Waals surface area (Å²) < 4.78 is 45.9. The Morgan fingerprint density at radius 1 is 1.10 bits per heavy atom. The molecule has 0 fully saturated rings. The number of benzene rings is 2. The molecule has 0 aliphatic rings. The molecule has 3 rings (SSSR count). The number of nitrogens with zero attached hydrogens (tertiary/aromatic N) is 2. The maximum absolute atomic E-state index is 13.3. The highest BCUT2D eigenvalue weighted by atomic mass is 19.4. The van der Waals surface area contributed by atoms with E-state index in [1.165, 1.54) is 19.1 Å². The van der Waals surface area contributed by atoms with Gasteiger partial charge in [0.05, 0.1) is 11.0 Å². The van der Waals surface area contributed by atoms with Crippen LogP contribution in [0.25, 0.3) is 11.0 Å². The quantitative estimate of drug-likeness (QED) is 0.465. The zero-order valence-electron chi connectivity index (χ0n) is 16.1. The SMILES string of the molecule is Cc1ccc(C(=O)C(C)OC(=O)Cn2c(C(F)(F)F)nc3ccccc32)cc1C. The number of para-hydroxylation sites is 2. The summed E-state index contributed by atoms with van der Waals surface area (Å²) in [5, 5.41) is 0. The molecule has 0 radical (unpaired) electrons. The molecule has 0 aliphatic heterocycles. The first-order valence-corrected chi connectivity index (χ1v) is 8.91. The number of alkyl halides is 3. The molecule has 1 aromatic heterocycles. The van der Waals surface area contributed by atoms with E-state index in [1.807, 2.05) is 13.8 Å². The number of aryl methyl sites for hydroxylation is 2. The minimum absolute atomic E-state index is 0.117. The molecule has 0 saturated carbocycles. The van der Waals surface area contributed by atoms with Crippen molar-refractivity contribution in [2.24, 2.45) is 0 Å². The number of halogens is 3. The van der Waals surface area contributed by atoms with E-state index in [0.29, 0.717) is 5.56 Å². The highest BCUT2D eigenvalue weighted by Crippen LogP contribution is 2.31. The summed E-state index contributed by atoms with van der Waals surface area (Å²) in [5.41, 5.74) is 2.57. The predicted molar refractivity (Wildman–Crippen MR) is 101 cm³/mol. The van der Waals surface area contributed by atoms with E-state index in [-0.39, 0.29) is 11.0 Å². The first-order valence-electron chi connectivity index (χ1n) is 8.91. The fourth-order valence-electron chi connectivity index (χ4n) is 3.00.